The molecule has 0 spiro atoms. The molecular weight excluding hydrogens is 214 g/mol. The fraction of sp³-hybridized carbons (Fsp3) is 0.667. The largest absolute Gasteiger partial charge is 0.396 e. The highest BCUT2D eigenvalue weighted by molar-refractivity contribution is 6.99. The van der Waals surface area contributed by atoms with E-state index in [0.29, 0.717) is 12.2 Å². The van der Waals surface area contributed by atoms with Crippen molar-refractivity contribution in [2.45, 2.75) is 19.3 Å². The zero-order chi connectivity index (χ0) is 10.7. The van der Waals surface area contributed by atoms with Gasteiger partial charge >= 0.3 is 0 Å². The molecule has 0 aromatic carbocycles. The molecule has 6 heteroatoms. The molecule has 15 heavy (non-hydrogen) atoms. The Morgan fingerprint density at radius 2 is 2.47 bits per heavy atom. The molecule has 0 bridgehead atoms. The third-order valence-electron chi connectivity index (χ3n) is 2.82. The van der Waals surface area contributed by atoms with Gasteiger partial charge in [0.05, 0.1) is 17.9 Å². The van der Waals surface area contributed by atoms with Crippen molar-refractivity contribution < 1.29 is 9.90 Å². The van der Waals surface area contributed by atoms with E-state index < -0.39 is 0 Å². The highest BCUT2D eigenvalue weighted by Crippen LogP contribution is 2.47. The smallest absolute Gasteiger partial charge is 0.272 e. The van der Waals surface area contributed by atoms with Crippen molar-refractivity contribution in [3.05, 3.63) is 11.9 Å². The van der Waals surface area contributed by atoms with Gasteiger partial charge in [0, 0.05) is 13.2 Å². The average molecular weight is 227 g/mol. The maximum absolute atomic E-state index is 11.5. The van der Waals surface area contributed by atoms with Crippen LogP contribution in [-0.4, -0.2) is 32.9 Å². The Morgan fingerprint density at radius 1 is 1.67 bits per heavy atom. The Bertz CT molecular complexity index is 335. The van der Waals surface area contributed by atoms with Crippen molar-refractivity contribution in [3.8, 4) is 0 Å². The summed E-state index contributed by atoms with van der Waals surface area (Å²) < 4.78 is 7.62. The minimum absolute atomic E-state index is 0.147. The Hall–Kier alpha value is -1.01. The van der Waals surface area contributed by atoms with Crippen LogP contribution in [0.4, 0.5) is 0 Å². The number of amides is 1. The van der Waals surface area contributed by atoms with E-state index in [2.05, 4.69) is 14.1 Å². The number of aliphatic hydroxyl groups excluding tert-OH is 1. The third kappa shape index (κ3) is 2.51. The molecule has 1 saturated carbocycles. The zero-order valence-electron chi connectivity index (χ0n) is 8.27. The van der Waals surface area contributed by atoms with E-state index in [1.807, 2.05) is 0 Å². The second kappa shape index (κ2) is 4.24. The first-order chi connectivity index (χ1) is 7.26. The van der Waals surface area contributed by atoms with E-state index in [1.165, 1.54) is 6.20 Å². The highest BCUT2D eigenvalue weighted by atomic mass is 32.1. The monoisotopic (exact) mass is 227 g/mol. The van der Waals surface area contributed by atoms with Crippen LogP contribution in [0.3, 0.4) is 0 Å². The van der Waals surface area contributed by atoms with E-state index in [9.17, 15) is 4.79 Å². The van der Waals surface area contributed by atoms with Gasteiger partial charge in [-0.3, -0.25) is 4.79 Å². The quantitative estimate of drug-likeness (QED) is 0.765. The number of nitrogens with zero attached hydrogens (tertiary/aromatic N) is 2. The summed E-state index contributed by atoms with van der Waals surface area (Å²) in [6.45, 7) is 0.818. The molecular formula is C9H13N3O2S. The van der Waals surface area contributed by atoms with Crippen LogP contribution < -0.4 is 5.32 Å². The number of nitrogens with one attached hydrogen (secondary N) is 1. The Morgan fingerprint density at radius 3 is 3.00 bits per heavy atom. The predicted molar refractivity (Wildman–Crippen MR) is 55.6 cm³/mol. The number of hydrogen-bond donors (Lipinski definition) is 2. The standard InChI is InChI=1S/C9H13N3O2S/c13-4-3-9(1-2-9)6-10-8(14)7-5-11-15-12-7/h5,13H,1-4,6H2,(H,10,14). The maximum Gasteiger partial charge on any atom is 0.272 e. The number of carbonyl (C=O) groups is 1. The summed E-state index contributed by atoms with van der Waals surface area (Å²) in [6.07, 6.45) is 4.40. The van der Waals surface area contributed by atoms with Gasteiger partial charge < -0.3 is 10.4 Å². The SMILES string of the molecule is O=C(NCC1(CCO)CC1)c1cnsn1. The molecule has 0 saturated heterocycles. The minimum Gasteiger partial charge on any atom is -0.396 e. The van der Waals surface area contributed by atoms with E-state index in [1.54, 1.807) is 0 Å². The predicted octanol–water partition coefficient (Wildman–Crippen LogP) is 0.430. The second-order valence-electron chi connectivity index (χ2n) is 3.95. The van der Waals surface area contributed by atoms with Crippen molar-refractivity contribution in [3.63, 3.8) is 0 Å². The lowest BCUT2D eigenvalue weighted by molar-refractivity contribution is 0.0936. The highest BCUT2D eigenvalue weighted by Gasteiger charge is 2.41. The van der Waals surface area contributed by atoms with Crippen LogP contribution in [0.15, 0.2) is 6.20 Å². The van der Waals surface area contributed by atoms with Gasteiger partial charge in [-0.15, -0.1) is 0 Å². The normalized spacial score (nSPS) is 17.4. The van der Waals surface area contributed by atoms with Crippen LogP contribution in [-0.2, 0) is 0 Å². The molecule has 1 aliphatic rings. The molecule has 0 aliphatic heterocycles. The first kappa shape index (κ1) is 10.5. The molecule has 1 aliphatic carbocycles. The van der Waals surface area contributed by atoms with E-state index >= 15 is 0 Å². The Kier molecular flexibility index (Phi) is 2.97. The minimum atomic E-state index is -0.173. The topological polar surface area (TPSA) is 75.1 Å². The summed E-state index contributed by atoms with van der Waals surface area (Å²) in [5.41, 5.74) is 0.521. The van der Waals surface area contributed by atoms with Gasteiger partial charge in [0.25, 0.3) is 5.91 Å². The summed E-state index contributed by atoms with van der Waals surface area (Å²) in [5.74, 6) is -0.173. The molecule has 2 rings (SSSR count). The van der Waals surface area contributed by atoms with Gasteiger partial charge in [-0.1, -0.05) is 0 Å². The number of carbonyl (C=O) groups excluding carboxylic acids is 1. The van der Waals surface area contributed by atoms with Crippen molar-refractivity contribution in [2.24, 2.45) is 5.41 Å². The zero-order valence-corrected chi connectivity index (χ0v) is 9.09. The van der Waals surface area contributed by atoms with Gasteiger partial charge in [-0.25, -0.2) is 0 Å². The third-order valence-corrected chi connectivity index (χ3v) is 3.30. The van der Waals surface area contributed by atoms with Crippen LogP contribution in [0.25, 0.3) is 0 Å². The molecule has 1 aromatic heterocycles. The van der Waals surface area contributed by atoms with Crippen molar-refractivity contribution in [1.29, 1.82) is 0 Å². The van der Waals surface area contributed by atoms with Crippen LogP contribution in [0.2, 0.25) is 0 Å². The van der Waals surface area contributed by atoms with E-state index in [0.717, 1.165) is 31.0 Å². The molecule has 0 atom stereocenters. The second-order valence-corrected chi connectivity index (χ2v) is 4.51. The first-order valence-electron chi connectivity index (χ1n) is 4.92. The van der Waals surface area contributed by atoms with Crippen molar-refractivity contribution in [2.75, 3.05) is 13.2 Å². The van der Waals surface area contributed by atoms with Crippen molar-refractivity contribution >= 4 is 17.6 Å². The van der Waals surface area contributed by atoms with Gasteiger partial charge in [0.1, 0.15) is 0 Å². The van der Waals surface area contributed by atoms with Gasteiger partial charge in [-0.05, 0) is 24.7 Å². The lowest BCUT2D eigenvalue weighted by Gasteiger charge is -2.13. The molecule has 0 radical (unpaired) electrons. The molecule has 82 valence electrons. The lowest BCUT2D eigenvalue weighted by Crippen LogP contribution is -2.30. The van der Waals surface area contributed by atoms with Gasteiger partial charge in [0.2, 0.25) is 0 Å². The van der Waals surface area contributed by atoms with Crippen molar-refractivity contribution in [1.82, 2.24) is 14.1 Å². The van der Waals surface area contributed by atoms with Gasteiger partial charge in [0.15, 0.2) is 5.69 Å². The Labute approximate surface area is 91.8 Å². The lowest BCUT2D eigenvalue weighted by atomic mass is 10.0. The first-order valence-corrected chi connectivity index (χ1v) is 5.65. The summed E-state index contributed by atoms with van der Waals surface area (Å²) in [4.78, 5) is 11.5. The number of aromatic nitrogens is 2. The van der Waals surface area contributed by atoms with Crippen LogP contribution >= 0.6 is 11.7 Å². The molecule has 5 nitrogen and oxygen atoms in total. The summed E-state index contributed by atoms with van der Waals surface area (Å²) in [6, 6.07) is 0. The fourth-order valence-electron chi connectivity index (χ4n) is 1.55. The number of aliphatic hydroxyl groups is 1. The van der Waals surface area contributed by atoms with E-state index in [-0.39, 0.29) is 17.9 Å². The number of rotatable bonds is 5. The number of hydrogen-bond acceptors (Lipinski definition) is 5. The van der Waals surface area contributed by atoms with Crippen LogP contribution in [0.1, 0.15) is 29.8 Å². The molecule has 1 aromatic rings. The average Bonchev–Trinajstić information content (AvgIpc) is 2.81. The molecule has 2 N–H and O–H groups in total. The van der Waals surface area contributed by atoms with Gasteiger partial charge in [-0.2, -0.15) is 8.75 Å². The van der Waals surface area contributed by atoms with Crippen LogP contribution in [0, 0.1) is 5.41 Å². The fourth-order valence-corrected chi connectivity index (χ4v) is 1.96. The molecule has 1 heterocycles. The molecule has 1 amide bonds. The summed E-state index contributed by atoms with van der Waals surface area (Å²) >= 11 is 1.03. The Balaban J connectivity index is 1.81. The molecule has 0 unspecified atom stereocenters. The summed E-state index contributed by atoms with van der Waals surface area (Å²) in [7, 11) is 0. The molecule has 1 fully saturated rings. The summed E-state index contributed by atoms with van der Waals surface area (Å²) in [5, 5.41) is 11.7. The van der Waals surface area contributed by atoms with E-state index in [4.69, 9.17) is 5.11 Å². The van der Waals surface area contributed by atoms with Crippen LogP contribution in [0.5, 0.6) is 0 Å². The maximum atomic E-state index is 11.5.